The van der Waals surface area contributed by atoms with Gasteiger partial charge in [-0.05, 0) is 36.4 Å². The van der Waals surface area contributed by atoms with Crippen molar-refractivity contribution in [1.82, 2.24) is 29.8 Å². The van der Waals surface area contributed by atoms with Crippen LogP contribution in [-0.2, 0) is 6.42 Å². The average Bonchev–Trinajstić information content (AvgIpc) is 3.56. The first kappa shape index (κ1) is 24.1. The quantitative estimate of drug-likeness (QED) is 0.374. The Labute approximate surface area is 215 Å². The van der Waals surface area contributed by atoms with Crippen molar-refractivity contribution in [2.45, 2.75) is 12.8 Å². The number of hydrogen-bond acceptors (Lipinski definition) is 7. The van der Waals surface area contributed by atoms with Gasteiger partial charge in [-0.3, -0.25) is 19.0 Å². The molecule has 5 rings (SSSR count). The molecule has 3 aromatic heterocycles. The van der Waals surface area contributed by atoms with Crippen LogP contribution < -0.4 is 10.9 Å². The van der Waals surface area contributed by atoms with Gasteiger partial charge in [0, 0.05) is 57.0 Å². The second-order valence-corrected chi connectivity index (χ2v) is 10.0. The first-order valence-corrected chi connectivity index (χ1v) is 12.7. The van der Waals surface area contributed by atoms with Crippen molar-refractivity contribution in [3.63, 3.8) is 0 Å². The van der Waals surface area contributed by atoms with Crippen molar-refractivity contribution >= 4 is 34.6 Å². The van der Waals surface area contributed by atoms with E-state index in [1.807, 2.05) is 0 Å². The van der Waals surface area contributed by atoms with Gasteiger partial charge < -0.3 is 10.2 Å². The van der Waals surface area contributed by atoms with E-state index >= 15 is 0 Å². The number of aromatic nitrogens is 4. The maximum Gasteiger partial charge on any atom is 0.256 e. The van der Waals surface area contributed by atoms with E-state index in [4.69, 9.17) is 11.6 Å². The van der Waals surface area contributed by atoms with Crippen molar-refractivity contribution in [3.05, 3.63) is 91.7 Å². The Morgan fingerprint density at radius 2 is 1.92 bits per heavy atom. The SMILES string of the molecule is O=C(CCc1cn(-c2ccc(-n3ccccc3=O)cc2C(=O)N2CCNCC2)nn1)c1ccc(Cl)s1. The smallest absolute Gasteiger partial charge is 0.256 e. The van der Waals surface area contributed by atoms with Gasteiger partial charge >= 0.3 is 0 Å². The number of hydrogen-bond donors (Lipinski definition) is 1. The molecule has 0 saturated carbocycles. The summed E-state index contributed by atoms with van der Waals surface area (Å²) in [5.74, 6) is -0.146. The van der Waals surface area contributed by atoms with E-state index in [0.29, 0.717) is 51.4 Å². The lowest BCUT2D eigenvalue weighted by Crippen LogP contribution is -2.46. The first-order valence-electron chi connectivity index (χ1n) is 11.5. The summed E-state index contributed by atoms with van der Waals surface area (Å²) in [6.07, 6.45) is 4.08. The third-order valence-electron chi connectivity index (χ3n) is 5.96. The molecule has 0 unspecified atom stereocenters. The highest BCUT2D eigenvalue weighted by Crippen LogP contribution is 2.24. The summed E-state index contributed by atoms with van der Waals surface area (Å²) in [6, 6.07) is 13.6. The molecule has 1 fully saturated rings. The Morgan fingerprint density at radius 1 is 1.08 bits per heavy atom. The minimum atomic E-state index is -0.189. The summed E-state index contributed by atoms with van der Waals surface area (Å²) >= 11 is 7.19. The molecule has 184 valence electrons. The highest BCUT2D eigenvalue weighted by Gasteiger charge is 2.23. The van der Waals surface area contributed by atoms with E-state index in [2.05, 4.69) is 15.6 Å². The van der Waals surface area contributed by atoms with Crippen molar-refractivity contribution in [3.8, 4) is 11.4 Å². The van der Waals surface area contributed by atoms with Gasteiger partial charge in [-0.15, -0.1) is 16.4 Å². The van der Waals surface area contributed by atoms with Crippen LogP contribution in [0.4, 0.5) is 0 Å². The van der Waals surface area contributed by atoms with Gasteiger partial charge in [0.15, 0.2) is 5.78 Å². The normalized spacial score (nSPS) is 13.6. The molecule has 0 radical (unpaired) electrons. The number of rotatable bonds is 7. The fourth-order valence-corrected chi connectivity index (χ4v) is 5.09. The number of carbonyl (C=O) groups excluding carboxylic acids is 2. The number of nitrogens with one attached hydrogen (secondary N) is 1. The van der Waals surface area contributed by atoms with Crippen LogP contribution in [0.2, 0.25) is 4.34 Å². The van der Waals surface area contributed by atoms with E-state index in [-0.39, 0.29) is 23.7 Å². The fourth-order valence-electron chi connectivity index (χ4n) is 4.08. The molecule has 36 heavy (non-hydrogen) atoms. The molecule has 4 aromatic rings. The number of halogens is 1. The topological polar surface area (TPSA) is 102 Å². The monoisotopic (exact) mass is 522 g/mol. The maximum absolute atomic E-state index is 13.5. The lowest BCUT2D eigenvalue weighted by Gasteiger charge is -2.28. The van der Waals surface area contributed by atoms with Crippen LogP contribution in [0.1, 0.15) is 32.1 Å². The molecular weight excluding hydrogens is 500 g/mol. The maximum atomic E-state index is 13.5. The molecular formula is C25H23ClN6O3S. The summed E-state index contributed by atoms with van der Waals surface area (Å²) in [7, 11) is 0. The van der Waals surface area contributed by atoms with Crippen LogP contribution in [0.25, 0.3) is 11.4 Å². The fraction of sp³-hybridized carbons (Fsp3) is 0.240. The lowest BCUT2D eigenvalue weighted by molar-refractivity contribution is 0.0735. The Hall–Kier alpha value is -3.60. The number of thiophene rings is 1. The number of piperazine rings is 1. The third-order valence-corrected chi connectivity index (χ3v) is 7.23. The predicted molar refractivity (Wildman–Crippen MR) is 138 cm³/mol. The average molecular weight is 523 g/mol. The molecule has 1 aliphatic rings. The van der Waals surface area contributed by atoms with Crippen molar-refractivity contribution in [1.29, 1.82) is 0 Å². The third kappa shape index (κ3) is 5.15. The van der Waals surface area contributed by atoms with E-state index in [1.165, 1.54) is 22.0 Å². The van der Waals surface area contributed by atoms with E-state index in [1.54, 1.807) is 64.4 Å². The number of amides is 1. The summed E-state index contributed by atoms with van der Waals surface area (Å²) < 4.78 is 3.62. The molecule has 11 heteroatoms. The summed E-state index contributed by atoms with van der Waals surface area (Å²) in [6.45, 7) is 2.61. The number of nitrogens with zero attached hydrogens (tertiary/aromatic N) is 5. The van der Waals surface area contributed by atoms with Crippen LogP contribution in [0, 0.1) is 0 Å². The Kier molecular flexibility index (Phi) is 7.08. The standard InChI is InChI=1S/C25H23ClN6O3S/c26-23-9-8-22(36-23)21(33)7-4-17-16-32(29-28-17)20-6-5-18(31-12-2-1-3-24(31)34)15-19(20)25(35)30-13-10-27-11-14-30/h1-3,5-6,8-9,12,15-16,27H,4,7,10-11,13-14H2. The van der Waals surface area contributed by atoms with Crippen molar-refractivity contribution in [2.75, 3.05) is 26.2 Å². The number of Topliss-reactive ketones (excluding diaryl/α,β-unsaturated/α-hetero) is 1. The molecule has 0 spiro atoms. The number of carbonyl (C=O) groups is 2. The number of aryl methyl sites for hydroxylation is 1. The zero-order chi connectivity index (χ0) is 25.1. The van der Waals surface area contributed by atoms with Gasteiger partial charge in [0.1, 0.15) is 0 Å². The molecule has 1 aromatic carbocycles. The van der Waals surface area contributed by atoms with Gasteiger partial charge in [0.05, 0.1) is 32.4 Å². The zero-order valence-electron chi connectivity index (χ0n) is 19.3. The van der Waals surface area contributed by atoms with E-state index in [9.17, 15) is 14.4 Å². The van der Waals surface area contributed by atoms with Gasteiger partial charge in [0.25, 0.3) is 11.5 Å². The molecule has 1 saturated heterocycles. The lowest BCUT2D eigenvalue weighted by atomic mass is 10.1. The zero-order valence-corrected chi connectivity index (χ0v) is 20.8. The van der Waals surface area contributed by atoms with Gasteiger partial charge in [0.2, 0.25) is 0 Å². The number of ketones is 1. The Balaban J connectivity index is 1.44. The molecule has 0 aliphatic carbocycles. The van der Waals surface area contributed by atoms with Gasteiger partial charge in [-0.2, -0.15) is 0 Å². The van der Waals surface area contributed by atoms with Crippen LogP contribution >= 0.6 is 22.9 Å². The Morgan fingerprint density at radius 3 is 2.67 bits per heavy atom. The largest absolute Gasteiger partial charge is 0.336 e. The summed E-state index contributed by atoms with van der Waals surface area (Å²) in [5.41, 5.74) is 2.01. The molecule has 1 N–H and O–H groups in total. The van der Waals surface area contributed by atoms with Gasteiger partial charge in [-0.25, -0.2) is 4.68 Å². The number of benzene rings is 1. The van der Waals surface area contributed by atoms with Crippen LogP contribution in [-0.4, -0.2) is 62.3 Å². The first-order chi connectivity index (χ1) is 17.5. The van der Waals surface area contributed by atoms with Crippen LogP contribution in [0.5, 0.6) is 0 Å². The predicted octanol–water partition coefficient (Wildman–Crippen LogP) is 2.99. The molecule has 9 nitrogen and oxygen atoms in total. The highest BCUT2D eigenvalue weighted by atomic mass is 35.5. The van der Waals surface area contributed by atoms with Crippen molar-refractivity contribution < 1.29 is 9.59 Å². The molecule has 4 heterocycles. The Bertz CT molecular complexity index is 1470. The minimum Gasteiger partial charge on any atom is -0.336 e. The number of pyridine rings is 1. The molecule has 0 bridgehead atoms. The minimum absolute atomic E-state index is 0.00585. The summed E-state index contributed by atoms with van der Waals surface area (Å²) in [5, 5.41) is 11.7. The van der Waals surface area contributed by atoms with Crippen LogP contribution in [0.3, 0.4) is 0 Å². The second kappa shape index (κ2) is 10.6. The van der Waals surface area contributed by atoms with E-state index in [0.717, 1.165) is 13.1 Å². The van der Waals surface area contributed by atoms with E-state index < -0.39 is 0 Å². The van der Waals surface area contributed by atoms with Crippen LogP contribution in [0.15, 0.2) is 65.7 Å². The highest BCUT2D eigenvalue weighted by molar-refractivity contribution is 7.18. The molecule has 0 atom stereocenters. The summed E-state index contributed by atoms with van der Waals surface area (Å²) in [4.78, 5) is 40.8. The van der Waals surface area contributed by atoms with Crippen molar-refractivity contribution in [2.24, 2.45) is 0 Å². The molecule has 1 aliphatic heterocycles. The molecule has 1 amide bonds. The second-order valence-electron chi connectivity index (χ2n) is 8.33. The van der Waals surface area contributed by atoms with Gasteiger partial charge in [-0.1, -0.05) is 22.9 Å².